The van der Waals surface area contributed by atoms with Crippen molar-refractivity contribution in [2.75, 3.05) is 11.4 Å². The fourth-order valence-corrected chi connectivity index (χ4v) is 3.08. The van der Waals surface area contributed by atoms with E-state index in [2.05, 4.69) is 43.9 Å². The smallest absolute Gasteiger partial charge is 0.0402 e. The molecule has 2 N–H and O–H groups in total. The first kappa shape index (κ1) is 13.4. The molecule has 2 unspecified atom stereocenters. The standard InChI is InChI=1S/C16H26N2/c1-4-15-6-5-9-18(15)16-8-7-12(2)10-14(16)11-13(3)17/h7-8,10,13,15H,4-6,9,11,17H2,1-3H3. The largest absolute Gasteiger partial charge is 0.368 e. The van der Waals surface area contributed by atoms with E-state index in [0.29, 0.717) is 0 Å². The summed E-state index contributed by atoms with van der Waals surface area (Å²) in [5.74, 6) is 0. The zero-order chi connectivity index (χ0) is 13.1. The molecule has 1 aliphatic rings. The predicted molar refractivity (Wildman–Crippen MR) is 79.2 cm³/mol. The molecule has 18 heavy (non-hydrogen) atoms. The number of hydrogen-bond donors (Lipinski definition) is 1. The number of aryl methyl sites for hydroxylation is 1. The van der Waals surface area contributed by atoms with Crippen LogP contribution in [0.1, 0.15) is 44.2 Å². The van der Waals surface area contributed by atoms with E-state index in [0.717, 1.165) is 12.5 Å². The van der Waals surface area contributed by atoms with Crippen LogP contribution in [0.4, 0.5) is 5.69 Å². The summed E-state index contributed by atoms with van der Waals surface area (Å²) in [6.07, 6.45) is 4.88. The minimum absolute atomic E-state index is 0.230. The highest BCUT2D eigenvalue weighted by Gasteiger charge is 2.24. The Bertz CT molecular complexity index is 398. The highest BCUT2D eigenvalue weighted by atomic mass is 15.2. The first-order valence-corrected chi connectivity index (χ1v) is 7.23. The van der Waals surface area contributed by atoms with Crippen LogP contribution < -0.4 is 10.6 Å². The van der Waals surface area contributed by atoms with Gasteiger partial charge in [-0.15, -0.1) is 0 Å². The van der Waals surface area contributed by atoms with Gasteiger partial charge in [0.05, 0.1) is 0 Å². The first-order valence-electron chi connectivity index (χ1n) is 7.23. The Morgan fingerprint density at radius 1 is 1.44 bits per heavy atom. The molecule has 0 spiro atoms. The molecule has 0 aliphatic carbocycles. The third-order valence-corrected chi connectivity index (χ3v) is 3.93. The number of nitrogens with zero attached hydrogens (tertiary/aromatic N) is 1. The molecule has 1 saturated heterocycles. The summed E-state index contributed by atoms with van der Waals surface area (Å²) in [5.41, 5.74) is 10.2. The average molecular weight is 246 g/mol. The Kier molecular flexibility index (Phi) is 4.28. The monoisotopic (exact) mass is 246 g/mol. The van der Waals surface area contributed by atoms with Crippen LogP contribution in [0.2, 0.25) is 0 Å². The maximum atomic E-state index is 5.99. The molecule has 1 fully saturated rings. The normalized spacial score (nSPS) is 21.3. The predicted octanol–water partition coefficient (Wildman–Crippen LogP) is 3.26. The van der Waals surface area contributed by atoms with Gasteiger partial charge in [-0.2, -0.15) is 0 Å². The highest BCUT2D eigenvalue weighted by Crippen LogP contribution is 2.31. The molecule has 1 aliphatic heterocycles. The molecule has 2 nitrogen and oxygen atoms in total. The quantitative estimate of drug-likeness (QED) is 0.883. The molecule has 2 rings (SSSR count). The van der Waals surface area contributed by atoms with E-state index in [1.165, 1.54) is 42.6 Å². The van der Waals surface area contributed by atoms with Gasteiger partial charge < -0.3 is 10.6 Å². The summed E-state index contributed by atoms with van der Waals surface area (Å²) in [6, 6.07) is 7.78. The van der Waals surface area contributed by atoms with Crippen molar-refractivity contribution in [1.82, 2.24) is 0 Å². The van der Waals surface area contributed by atoms with E-state index in [4.69, 9.17) is 5.73 Å². The maximum absolute atomic E-state index is 5.99. The molecule has 0 saturated carbocycles. The van der Waals surface area contributed by atoms with Crippen molar-refractivity contribution in [3.63, 3.8) is 0 Å². The molecular formula is C16H26N2. The van der Waals surface area contributed by atoms with Crippen molar-refractivity contribution >= 4 is 5.69 Å². The van der Waals surface area contributed by atoms with Crippen LogP contribution in [0.3, 0.4) is 0 Å². The second-order valence-corrected chi connectivity index (χ2v) is 5.71. The number of anilines is 1. The molecule has 2 heteroatoms. The van der Waals surface area contributed by atoms with Crippen molar-refractivity contribution in [2.45, 2.75) is 58.5 Å². The van der Waals surface area contributed by atoms with Crippen LogP contribution in [0.15, 0.2) is 18.2 Å². The van der Waals surface area contributed by atoms with Crippen LogP contribution >= 0.6 is 0 Å². The number of nitrogens with two attached hydrogens (primary N) is 1. The minimum Gasteiger partial charge on any atom is -0.368 e. The summed E-state index contributed by atoms with van der Waals surface area (Å²) < 4.78 is 0. The van der Waals surface area contributed by atoms with Crippen molar-refractivity contribution in [1.29, 1.82) is 0 Å². The van der Waals surface area contributed by atoms with Gasteiger partial charge in [-0.25, -0.2) is 0 Å². The van der Waals surface area contributed by atoms with E-state index < -0.39 is 0 Å². The Morgan fingerprint density at radius 3 is 2.89 bits per heavy atom. The lowest BCUT2D eigenvalue weighted by Gasteiger charge is -2.29. The van der Waals surface area contributed by atoms with Gasteiger partial charge >= 0.3 is 0 Å². The lowest BCUT2D eigenvalue weighted by atomic mass is 10.0. The first-order chi connectivity index (χ1) is 8.61. The van der Waals surface area contributed by atoms with E-state index in [9.17, 15) is 0 Å². The average Bonchev–Trinajstić information content (AvgIpc) is 2.76. The number of benzene rings is 1. The Hall–Kier alpha value is -1.02. The van der Waals surface area contributed by atoms with Gasteiger partial charge in [0.15, 0.2) is 0 Å². The van der Waals surface area contributed by atoms with Crippen molar-refractivity contribution in [2.24, 2.45) is 5.73 Å². The summed E-state index contributed by atoms with van der Waals surface area (Å²) in [4.78, 5) is 2.59. The van der Waals surface area contributed by atoms with Crippen molar-refractivity contribution in [3.05, 3.63) is 29.3 Å². The summed E-state index contributed by atoms with van der Waals surface area (Å²) in [7, 11) is 0. The van der Waals surface area contributed by atoms with E-state index in [-0.39, 0.29) is 6.04 Å². The second-order valence-electron chi connectivity index (χ2n) is 5.71. The molecule has 0 amide bonds. The lowest BCUT2D eigenvalue weighted by Crippen LogP contribution is -2.30. The summed E-state index contributed by atoms with van der Waals surface area (Å²) >= 11 is 0. The third kappa shape index (κ3) is 2.86. The van der Waals surface area contributed by atoms with Crippen LogP contribution in [0, 0.1) is 6.92 Å². The van der Waals surface area contributed by atoms with Crippen molar-refractivity contribution < 1.29 is 0 Å². The van der Waals surface area contributed by atoms with Gasteiger partial charge in [0.2, 0.25) is 0 Å². The molecule has 0 aromatic heterocycles. The van der Waals surface area contributed by atoms with Gasteiger partial charge in [-0.3, -0.25) is 0 Å². The zero-order valence-electron chi connectivity index (χ0n) is 11.9. The number of rotatable bonds is 4. The van der Waals surface area contributed by atoms with Crippen LogP contribution in [0.5, 0.6) is 0 Å². The molecular weight excluding hydrogens is 220 g/mol. The molecule has 2 atom stereocenters. The van der Waals surface area contributed by atoms with Gasteiger partial charge in [0, 0.05) is 24.3 Å². The van der Waals surface area contributed by atoms with E-state index >= 15 is 0 Å². The topological polar surface area (TPSA) is 29.3 Å². The maximum Gasteiger partial charge on any atom is 0.0402 e. The van der Waals surface area contributed by atoms with E-state index in [1.54, 1.807) is 0 Å². The van der Waals surface area contributed by atoms with Gasteiger partial charge in [-0.1, -0.05) is 24.6 Å². The SMILES string of the molecule is CCC1CCCN1c1ccc(C)cc1CC(C)N. The summed E-state index contributed by atoms with van der Waals surface area (Å²) in [6.45, 7) is 7.75. The Morgan fingerprint density at radius 2 is 2.22 bits per heavy atom. The highest BCUT2D eigenvalue weighted by molar-refractivity contribution is 5.56. The summed E-state index contributed by atoms with van der Waals surface area (Å²) in [5, 5.41) is 0. The minimum atomic E-state index is 0.230. The molecule has 0 radical (unpaired) electrons. The van der Waals surface area contributed by atoms with Crippen LogP contribution in [-0.4, -0.2) is 18.6 Å². The fraction of sp³-hybridized carbons (Fsp3) is 0.625. The molecule has 1 aromatic rings. The molecule has 1 aromatic carbocycles. The molecule has 1 heterocycles. The lowest BCUT2D eigenvalue weighted by molar-refractivity contribution is 0.641. The zero-order valence-corrected chi connectivity index (χ0v) is 11.9. The second kappa shape index (κ2) is 5.75. The van der Waals surface area contributed by atoms with Gasteiger partial charge in [0.25, 0.3) is 0 Å². The van der Waals surface area contributed by atoms with Crippen molar-refractivity contribution in [3.8, 4) is 0 Å². The Balaban J connectivity index is 2.30. The van der Waals surface area contributed by atoms with Gasteiger partial charge in [0.1, 0.15) is 0 Å². The fourth-order valence-electron chi connectivity index (χ4n) is 3.08. The number of hydrogen-bond acceptors (Lipinski definition) is 2. The Labute approximate surface area is 111 Å². The van der Waals surface area contributed by atoms with Crippen LogP contribution in [0.25, 0.3) is 0 Å². The molecule has 100 valence electrons. The van der Waals surface area contributed by atoms with Crippen LogP contribution in [-0.2, 0) is 6.42 Å². The van der Waals surface area contributed by atoms with E-state index in [1.807, 2.05) is 0 Å². The molecule has 0 bridgehead atoms. The third-order valence-electron chi connectivity index (χ3n) is 3.93. The van der Waals surface area contributed by atoms with Gasteiger partial charge in [-0.05, 0) is 51.2 Å².